The minimum atomic E-state index is -0.0959. The van der Waals surface area contributed by atoms with Crippen molar-refractivity contribution in [3.05, 3.63) is 28.8 Å². The van der Waals surface area contributed by atoms with E-state index in [1.165, 1.54) is 0 Å². The van der Waals surface area contributed by atoms with Gasteiger partial charge in [0.1, 0.15) is 0 Å². The molecule has 20 heavy (non-hydrogen) atoms. The van der Waals surface area contributed by atoms with Crippen LogP contribution in [0, 0.1) is 0 Å². The van der Waals surface area contributed by atoms with E-state index in [1.54, 1.807) is 19.2 Å². The minimum absolute atomic E-state index is 0.0959. The Labute approximate surface area is 125 Å². The third-order valence-electron chi connectivity index (χ3n) is 4.02. The first kappa shape index (κ1) is 15.1. The second kappa shape index (κ2) is 6.46. The number of piperidine rings is 1. The van der Waals surface area contributed by atoms with Gasteiger partial charge in [0.05, 0.1) is 10.7 Å². The fourth-order valence-electron chi connectivity index (χ4n) is 2.56. The summed E-state index contributed by atoms with van der Waals surface area (Å²) in [5, 5.41) is 6.77. The fraction of sp³-hybridized carbons (Fsp3) is 0.533. The van der Waals surface area contributed by atoms with Crippen molar-refractivity contribution in [2.24, 2.45) is 0 Å². The molecule has 1 amide bonds. The summed E-state index contributed by atoms with van der Waals surface area (Å²) in [7, 11) is 3.78. The van der Waals surface area contributed by atoms with Crippen LogP contribution in [0.25, 0.3) is 0 Å². The molecular weight excluding hydrogens is 274 g/mol. The number of likely N-dealkylation sites (tertiary alicyclic amines) is 1. The molecule has 2 unspecified atom stereocenters. The van der Waals surface area contributed by atoms with E-state index >= 15 is 0 Å². The molecule has 2 rings (SSSR count). The summed E-state index contributed by atoms with van der Waals surface area (Å²) < 4.78 is 0. The number of carbonyl (C=O) groups is 1. The molecule has 0 spiro atoms. The van der Waals surface area contributed by atoms with Crippen molar-refractivity contribution in [3.63, 3.8) is 0 Å². The number of benzene rings is 1. The van der Waals surface area contributed by atoms with Crippen molar-refractivity contribution >= 4 is 23.2 Å². The zero-order chi connectivity index (χ0) is 14.7. The van der Waals surface area contributed by atoms with Crippen LogP contribution >= 0.6 is 11.6 Å². The Morgan fingerprint density at radius 1 is 1.45 bits per heavy atom. The lowest BCUT2D eigenvalue weighted by Gasteiger charge is -2.36. The van der Waals surface area contributed by atoms with Crippen molar-refractivity contribution in [2.45, 2.75) is 31.8 Å². The smallest absolute Gasteiger partial charge is 0.251 e. The van der Waals surface area contributed by atoms with Gasteiger partial charge < -0.3 is 15.5 Å². The molecule has 0 aromatic heterocycles. The highest BCUT2D eigenvalue weighted by Crippen LogP contribution is 2.27. The average Bonchev–Trinajstić information content (AvgIpc) is 2.44. The number of halogens is 1. The van der Waals surface area contributed by atoms with Gasteiger partial charge in [0.2, 0.25) is 0 Å². The van der Waals surface area contributed by atoms with Crippen LogP contribution in [0.4, 0.5) is 5.69 Å². The zero-order valence-corrected chi connectivity index (χ0v) is 13.0. The van der Waals surface area contributed by atoms with Crippen LogP contribution in [0.5, 0.6) is 0 Å². The van der Waals surface area contributed by atoms with Gasteiger partial charge in [0.25, 0.3) is 5.91 Å². The third kappa shape index (κ3) is 3.44. The Hall–Kier alpha value is -1.26. The predicted octanol–water partition coefficient (Wildman–Crippen LogP) is 2.59. The summed E-state index contributed by atoms with van der Waals surface area (Å²) in [6, 6.07) is 6.29. The van der Waals surface area contributed by atoms with E-state index in [-0.39, 0.29) is 5.91 Å². The summed E-state index contributed by atoms with van der Waals surface area (Å²) >= 11 is 6.22. The van der Waals surface area contributed by atoms with Crippen molar-refractivity contribution in [2.75, 3.05) is 26.0 Å². The Morgan fingerprint density at radius 3 is 2.85 bits per heavy atom. The van der Waals surface area contributed by atoms with E-state index in [4.69, 9.17) is 11.6 Å². The number of hydrogen-bond acceptors (Lipinski definition) is 3. The number of hydrogen-bond donors (Lipinski definition) is 2. The second-order valence-corrected chi connectivity index (χ2v) is 5.88. The predicted molar refractivity (Wildman–Crippen MR) is 83.6 cm³/mol. The van der Waals surface area contributed by atoms with Crippen LogP contribution in [-0.4, -0.2) is 43.5 Å². The maximum absolute atomic E-state index is 11.7. The molecule has 0 bridgehead atoms. The zero-order valence-electron chi connectivity index (χ0n) is 12.2. The van der Waals surface area contributed by atoms with Gasteiger partial charge in [-0.15, -0.1) is 0 Å². The van der Waals surface area contributed by atoms with Crippen LogP contribution in [0.15, 0.2) is 18.2 Å². The van der Waals surface area contributed by atoms with Gasteiger partial charge in [0, 0.05) is 31.2 Å². The lowest BCUT2D eigenvalue weighted by atomic mass is 9.98. The van der Waals surface area contributed by atoms with Crippen molar-refractivity contribution in [3.8, 4) is 0 Å². The third-order valence-corrected chi connectivity index (χ3v) is 4.35. The SMILES string of the molecule is CNC(=O)c1ccc(Cl)c(NC2CCN(C)C(C)C2)c1. The van der Waals surface area contributed by atoms with Gasteiger partial charge in [0.15, 0.2) is 0 Å². The van der Waals surface area contributed by atoms with E-state index in [0.717, 1.165) is 25.1 Å². The highest BCUT2D eigenvalue weighted by Gasteiger charge is 2.23. The number of nitrogens with zero attached hydrogens (tertiary/aromatic N) is 1. The number of anilines is 1. The Bertz CT molecular complexity index is 492. The van der Waals surface area contributed by atoms with Crippen molar-refractivity contribution in [1.82, 2.24) is 10.2 Å². The van der Waals surface area contributed by atoms with Gasteiger partial charge >= 0.3 is 0 Å². The highest BCUT2D eigenvalue weighted by atomic mass is 35.5. The summed E-state index contributed by atoms with van der Waals surface area (Å²) in [4.78, 5) is 14.0. The molecule has 1 fully saturated rings. The summed E-state index contributed by atoms with van der Waals surface area (Å²) in [5.74, 6) is -0.0959. The molecule has 2 N–H and O–H groups in total. The first-order chi connectivity index (χ1) is 9.51. The molecule has 1 aliphatic heterocycles. The molecule has 1 aromatic carbocycles. The normalized spacial score (nSPS) is 23.4. The fourth-order valence-corrected chi connectivity index (χ4v) is 2.73. The van der Waals surface area contributed by atoms with E-state index in [2.05, 4.69) is 29.5 Å². The summed E-state index contributed by atoms with van der Waals surface area (Å²) in [5.41, 5.74) is 1.47. The number of nitrogens with one attached hydrogen (secondary N) is 2. The number of amides is 1. The summed E-state index contributed by atoms with van der Waals surface area (Å²) in [6.45, 7) is 3.31. The van der Waals surface area contributed by atoms with Crippen LogP contribution < -0.4 is 10.6 Å². The van der Waals surface area contributed by atoms with Gasteiger partial charge in [-0.3, -0.25) is 4.79 Å². The maximum atomic E-state index is 11.7. The standard InChI is InChI=1S/C15H22ClN3O/c1-10-8-12(6-7-19(10)3)18-14-9-11(15(20)17-2)4-5-13(14)16/h4-5,9-10,12,18H,6-8H2,1-3H3,(H,17,20). The molecular formula is C15H22ClN3O. The molecule has 110 valence electrons. The molecule has 0 radical (unpaired) electrons. The first-order valence-electron chi connectivity index (χ1n) is 6.99. The molecule has 2 atom stereocenters. The lowest BCUT2D eigenvalue weighted by Crippen LogP contribution is -2.42. The van der Waals surface area contributed by atoms with E-state index in [9.17, 15) is 4.79 Å². The Balaban J connectivity index is 2.10. The topological polar surface area (TPSA) is 44.4 Å². The average molecular weight is 296 g/mol. The van der Waals surface area contributed by atoms with E-state index < -0.39 is 0 Å². The van der Waals surface area contributed by atoms with Gasteiger partial charge in [-0.2, -0.15) is 0 Å². The second-order valence-electron chi connectivity index (χ2n) is 5.47. The quantitative estimate of drug-likeness (QED) is 0.901. The van der Waals surface area contributed by atoms with Gasteiger partial charge in [-0.05, 0) is 45.0 Å². The largest absolute Gasteiger partial charge is 0.381 e. The molecule has 1 heterocycles. The molecule has 1 aromatic rings. The first-order valence-corrected chi connectivity index (χ1v) is 7.37. The molecule has 0 saturated carbocycles. The van der Waals surface area contributed by atoms with E-state index in [0.29, 0.717) is 22.7 Å². The van der Waals surface area contributed by atoms with Crippen molar-refractivity contribution < 1.29 is 4.79 Å². The lowest BCUT2D eigenvalue weighted by molar-refractivity contribution is 0.0963. The van der Waals surface area contributed by atoms with Crippen LogP contribution in [-0.2, 0) is 0 Å². The van der Waals surface area contributed by atoms with Gasteiger partial charge in [-0.1, -0.05) is 11.6 Å². The maximum Gasteiger partial charge on any atom is 0.251 e. The number of rotatable bonds is 3. The van der Waals surface area contributed by atoms with Crippen LogP contribution in [0.2, 0.25) is 5.02 Å². The van der Waals surface area contributed by atoms with Crippen molar-refractivity contribution in [1.29, 1.82) is 0 Å². The molecule has 1 aliphatic rings. The molecule has 4 nitrogen and oxygen atoms in total. The van der Waals surface area contributed by atoms with Crippen LogP contribution in [0.3, 0.4) is 0 Å². The monoisotopic (exact) mass is 295 g/mol. The Morgan fingerprint density at radius 2 is 2.20 bits per heavy atom. The number of carbonyl (C=O) groups excluding carboxylic acids is 1. The molecule has 0 aliphatic carbocycles. The van der Waals surface area contributed by atoms with Crippen LogP contribution in [0.1, 0.15) is 30.1 Å². The van der Waals surface area contributed by atoms with Gasteiger partial charge in [-0.25, -0.2) is 0 Å². The molecule has 5 heteroatoms. The summed E-state index contributed by atoms with van der Waals surface area (Å²) in [6.07, 6.45) is 2.17. The molecule has 1 saturated heterocycles. The minimum Gasteiger partial charge on any atom is -0.381 e. The Kier molecular flexibility index (Phi) is 4.89. The highest BCUT2D eigenvalue weighted by molar-refractivity contribution is 6.33. The van der Waals surface area contributed by atoms with E-state index in [1.807, 2.05) is 6.07 Å².